The average molecular weight is 247 g/mol. The highest BCUT2D eigenvalue weighted by Gasteiger charge is 2.59. The third kappa shape index (κ3) is 1.58. The van der Waals surface area contributed by atoms with Crippen LogP contribution in [0, 0.1) is 16.7 Å². The molecule has 3 atom stereocenters. The van der Waals surface area contributed by atoms with Gasteiger partial charge in [0, 0.05) is 12.1 Å². The second kappa shape index (κ2) is 3.59. The summed E-state index contributed by atoms with van der Waals surface area (Å²) in [4.78, 5) is 18.1. The lowest BCUT2D eigenvalue weighted by Gasteiger charge is -2.43. The van der Waals surface area contributed by atoms with Gasteiger partial charge in [0.05, 0.1) is 6.33 Å². The Morgan fingerprint density at radius 2 is 2.22 bits per heavy atom. The molecule has 1 aromatic rings. The van der Waals surface area contributed by atoms with E-state index in [-0.39, 0.29) is 11.0 Å². The first-order valence-corrected chi connectivity index (χ1v) is 6.73. The van der Waals surface area contributed by atoms with Gasteiger partial charge in [-0.15, -0.1) is 0 Å². The molecular formula is C14H21N3O. The molecule has 2 aliphatic carbocycles. The van der Waals surface area contributed by atoms with Crippen LogP contribution >= 0.6 is 0 Å². The van der Waals surface area contributed by atoms with Crippen molar-refractivity contribution < 1.29 is 0 Å². The number of rotatable bonds is 2. The normalized spacial score (nSPS) is 36.8. The lowest BCUT2D eigenvalue weighted by atomic mass is 9.68. The first kappa shape index (κ1) is 11.8. The number of hydrogen-bond acceptors (Lipinski definition) is 3. The van der Waals surface area contributed by atoms with Crippen molar-refractivity contribution in [2.75, 3.05) is 5.32 Å². The summed E-state index contributed by atoms with van der Waals surface area (Å²) in [5.74, 6) is 1.49. The monoisotopic (exact) mass is 247 g/mol. The molecule has 3 unspecified atom stereocenters. The lowest BCUT2D eigenvalue weighted by molar-refractivity contribution is 0.155. The van der Waals surface area contributed by atoms with Crippen LogP contribution in [0.3, 0.4) is 0 Å². The van der Waals surface area contributed by atoms with E-state index in [2.05, 4.69) is 36.1 Å². The Labute approximate surface area is 107 Å². The van der Waals surface area contributed by atoms with Crippen molar-refractivity contribution >= 4 is 5.82 Å². The van der Waals surface area contributed by atoms with Crippen LogP contribution in [-0.4, -0.2) is 16.0 Å². The zero-order valence-electron chi connectivity index (χ0n) is 11.3. The molecule has 2 aliphatic rings. The highest BCUT2D eigenvalue weighted by atomic mass is 16.1. The van der Waals surface area contributed by atoms with Crippen molar-refractivity contribution in [2.24, 2.45) is 16.7 Å². The average Bonchev–Trinajstić information content (AvgIpc) is 2.76. The van der Waals surface area contributed by atoms with Gasteiger partial charge in [-0.05, 0) is 36.0 Å². The predicted molar refractivity (Wildman–Crippen MR) is 71.5 cm³/mol. The summed E-state index contributed by atoms with van der Waals surface area (Å²) in [6.07, 6.45) is 5.38. The molecule has 2 saturated carbocycles. The van der Waals surface area contributed by atoms with Gasteiger partial charge in [-0.3, -0.25) is 4.79 Å². The second-order valence-electron chi connectivity index (χ2n) is 6.79. The fraction of sp³-hybridized carbons (Fsp3) is 0.714. The topological polar surface area (TPSA) is 57.8 Å². The Bertz CT molecular complexity index is 517. The first-order valence-electron chi connectivity index (χ1n) is 6.73. The summed E-state index contributed by atoms with van der Waals surface area (Å²) in [5.41, 5.74) is 0.522. The summed E-state index contributed by atoms with van der Waals surface area (Å²) < 4.78 is 0. The van der Waals surface area contributed by atoms with Crippen LogP contribution in [0.15, 0.2) is 17.2 Å². The minimum absolute atomic E-state index is 0.0985. The third-order valence-electron chi connectivity index (χ3n) is 5.24. The van der Waals surface area contributed by atoms with Crippen LogP contribution in [0.1, 0.15) is 40.0 Å². The summed E-state index contributed by atoms with van der Waals surface area (Å²) in [7, 11) is 0. The highest BCUT2D eigenvalue weighted by Crippen LogP contribution is 2.62. The van der Waals surface area contributed by atoms with E-state index in [9.17, 15) is 4.79 Å². The molecule has 2 fully saturated rings. The van der Waals surface area contributed by atoms with Gasteiger partial charge in [-0.25, -0.2) is 4.98 Å². The van der Waals surface area contributed by atoms with E-state index in [1.165, 1.54) is 25.6 Å². The van der Waals surface area contributed by atoms with Gasteiger partial charge in [0.1, 0.15) is 5.82 Å². The Balaban J connectivity index is 1.90. The van der Waals surface area contributed by atoms with Gasteiger partial charge < -0.3 is 10.3 Å². The Kier molecular flexibility index (Phi) is 2.34. The maximum atomic E-state index is 11.3. The maximum absolute atomic E-state index is 11.3. The number of anilines is 1. The molecule has 0 amide bonds. The number of H-pyrrole nitrogens is 1. The van der Waals surface area contributed by atoms with Crippen LogP contribution in [0.4, 0.5) is 5.82 Å². The molecule has 3 rings (SSSR count). The van der Waals surface area contributed by atoms with Crippen LogP contribution < -0.4 is 10.9 Å². The molecule has 1 heterocycles. The van der Waals surface area contributed by atoms with E-state index in [1.807, 2.05) is 0 Å². The molecular weight excluding hydrogens is 226 g/mol. The zero-order valence-corrected chi connectivity index (χ0v) is 11.3. The SMILES string of the molecule is CC12CCC(C1)C(C)(C)C2Nc1cc(=O)[nH]cn1. The van der Waals surface area contributed by atoms with E-state index in [4.69, 9.17) is 0 Å². The summed E-state index contributed by atoms with van der Waals surface area (Å²) in [5, 5.41) is 3.51. The quantitative estimate of drug-likeness (QED) is 0.843. The van der Waals surface area contributed by atoms with Crippen molar-refractivity contribution in [1.29, 1.82) is 0 Å². The smallest absolute Gasteiger partial charge is 0.252 e. The Hall–Kier alpha value is -1.32. The van der Waals surface area contributed by atoms with Crippen molar-refractivity contribution in [3.05, 3.63) is 22.7 Å². The highest BCUT2D eigenvalue weighted by molar-refractivity contribution is 5.37. The van der Waals surface area contributed by atoms with Gasteiger partial charge >= 0.3 is 0 Å². The van der Waals surface area contributed by atoms with Gasteiger partial charge in [-0.2, -0.15) is 0 Å². The predicted octanol–water partition coefficient (Wildman–Crippen LogP) is 2.40. The molecule has 2 N–H and O–H groups in total. The van der Waals surface area contributed by atoms with E-state index in [0.717, 1.165) is 5.92 Å². The molecule has 0 spiro atoms. The Morgan fingerprint density at radius 1 is 1.44 bits per heavy atom. The molecule has 98 valence electrons. The summed E-state index contributed by atoms with van der Waals surface area (Å²) in [6.45, 7) is 7.05. The summed E-state index contributed by atoms with van der Waals surface area (Å²) >= 11 is 0. The minimum Gasteiger partial charge on any atom is -0.366 e. The standard InChI is InChI=1S/C14H21N3O/c1-13(2)9-4-5-14(3,7-9)12(13)17-10-6-11(18)16-8-15-10/h6,8-9,12H,4-5,7H2,1-3H3,(H2,15,16,17,18). The molecule has 1 aromatic heterocycles. The molecule has 0 aromatic carbocycles. The van der Waals surface area contributed by atoms with Crippen LogP contribution in [0.25, 0.3) is 0 Å². The molecule has 2 bridgehead atoms. The molecule has 0 saturated heterocycles. The number of aromatic nitrogens is 2. The van der Waals surface area contributed by atoms with E-state index in [1.54, 1.807) is 6.07 Å². The summed E-state index contributed by atoms with van der Waals surface area (Å²) in [6, 6.07) is 1.95. The number of fused-ring (bicyclic) bond motifs is 2. The third-order valence-corrected chi connectivity index (χ3v) is 5.24. The number of nitrogens with one attached hydrogen (secondary N) is 2. The lowest BCUT2D eigenvalue weighted by Crippen LogP contribution is -2.46. The fourth-order valence-corrected chi connectivity index (χ4v) is 4.26. The van der Waals surface area contributed by atoms with Crippen molar-refractivity contribution in [2.45, 2.75) is 46.1 Å². The maximum Gasteiger partial charge on any atom is 0.252 e. The van der Waals surface area contributed by atoms with Gasteiger partial charge in [-0.1, -0.05) is 20.8 Å². The van der Waals surface area contributed by atoms with Gasteiger partial charge in [0.15, 0.2) is 0 Å². The van der Waals surface area contributed by atoms with E-state index in [0.29, 0.717) is 17.3 Å². The molecule has 4 nitrogen and oxygen atoms in total. The molecule has 0 radical (unpaired) electrons. The van der Waals surface area contributed by atoms with Crippen LogP contribution in [-0.2, 0) is 0 Å². The van der Waals surface area contributed by atoms with Crippen molar-refractivity contribution in [3.63, 3.8) is 0 Å². The van der Waals surface area contributed by atoms with Crippen molar-refractivity contribution in [3.8, 4) is 0 Å². The molecule has 18 heavy (non-hydrogen) atoms. The second-order valence-corrected chi connectivity index (χ2v) is 6.79. The Morgan fingerprint density at radius 3 is 2.83 bits per heavy atom. The fourth-order valence-electron chi connectivity index (χ4n) is 4.26. The molecule has 4 heteroatoms. The first-order chi connectivity index (χ1) is 8.42. The molecule has 0 aliphatic heterocycles. The van der Waals surface area contributed by atoms with Gasteiger partial charge in [0.25, 0.3) is 5.56 Å². The van der Waals surface area contributed by atoms with E-state index < -0.39 is 0 Å². The minimum atomic E-state index is -0.0985. The number of aromatic amines is 1. The van der Waals surface area contributed by atoms with E-state index >= 15 is 0 Å². The van der Waals surface area contributed by atoms with Crippen molar-refractivity contribution in [1.82, 2.24) is 9.97 Å². The number of nitrogens with zero attached hydrogens (tertiary/aromatic N) is 1. The largest absolute Gasteiger partial charge is 0.366 e. The zero-order chi connectivity index (χ0) is 13.0. The van der Waals surface area contributed by atoms with Crippen LogP contribution in [0.2, 0.25) is 0 Å². The van der Waals surface area contributed by atoms with Gasteiger partial charge in [0.2, 0.25) is 0 Å². The van der Waals surface area contributed by atoms with Crippen LogP contribution in [0.5, 0.6) is 0 Å². The number of hydrogen-bond donors (Lipinski definition) is 2.